The van der Waals surface area contributed by atoms with Crippen molar-refractivity contribution in [2.24, 2.45) is 0 Å². The second-order valence-corrected chi connectivity index (χ2v) is 30.2. The van der Waals surface area contributed by atoms with Gasteiger partial charge in [0.15, 0.2) is 0 Å². The fourth-order valence-corrected chi connectivity index (χ4v) is 19.0. The fourth-order valence-electron chi connectivity index (χ4n) is 16.6. The second-order valence-electron chi connectivity index (χ2n) is 28.1. The second kappa shape index (κ2) is 22.9. The summed E-state index contributed by atoms with van der Waals surface area (Å²) in [5.74, 6) is 0. The quantitative estimate of drug-likeness (QED) is 0.127. The van der Waals surface area contributed by atoms with Crippen molar-refractivity contribution in [1.82, 2.24) is 0 Å². The zero-order valence-corrected chi connectivity index (χ0v) is 58.1. The number of aryl methyl sites for hydroxylation is 4. The summed E-state index contributed by atoms with van der Waals surface area (Å²) < 4.78 is 5.21. The molecule has 0 saturated heterocycles. The van der Waals surface area contributed by atoms with Crippen molar-refractivity contribution in [3.05, 3.63) is 336 Å². The molecule has 0 bridgehead atoms. The van der Waals surface area contributed by atoms with Gasteiger partial charge in [0.05, 0.1) is 11.4 Å². The lowest BCUT2D eigenvalue weighted by molar-refractivity contribution is 0.660. The number of fused-ring (bicyclic) bond motifs is 12. The van der Waals surface area contributed by atoms with Crippen LogP contribution in [-0.2, 0) is 10.8 Å². The minimum atomic E-state index is -0.0894. The Morgan fingerprint density at radius 1 is 0.245 bits per heavy atom. The molecule has 2 nitrogen and oxygen atoms in total. The number of benzene rings is 14. The van der Waals surface area contributed by atoms with Gasteiger partial charge in [-0.1, -0.05) is 246 Å². The topological polar surface area (TPSA) is 6.48 Å². The van der Waals surface area contributed by atoms with Crippen LogP contribution in [0.1, 0.15) is 72.2 Å². The lowest BCUT2D eigenvalue weighted by Crippen LogP contribution is -2.15. The molecule has 0 saturated carbocycles. The van der Waals surface area contributed by atoms with E-state index in [0.29, 0.717) is 0 Å². The van der Waals surface area contributed by atoms with Crippen molar-refractivity contribution in [3.8, 4) is 77.9 Å². The molecule has 2 aliphatic rings. The summed E-state index contributed by atoms with van der Waals surface area (Å²) in [7, 11) is 0. The lowest BCUT2D eigenvalue weighted by atomic mass is 9.81. The van der Waals surface area contributed by atoms with Gasteiger partial charge in [0.1, 0.15) is 0 Å². The van der Waals surface area contributed by atoms with Gasteiger partial charge in [-0.15, -0.1) is 22.7 Å². The number of para-hydroxylation sites is 2. The van der Waals surface area contributed by atoms with Gasteiger partial charge < -0.3 is 9.80 Å². The SMILES string of the molecule is Cc1cc(-c2ccc(N(c3ccc(-c4ccc5c(c4)C(C)(C)c4ccccc4-5)cc3)c3c(C)cccc3-c3cccc4c3sc3ccccc34)c(C)c2)ccc1N(c1ccc(-c2ccc3c(c2)C(C)(C)c2ccccc2-3)cc1)c1c(C)cccc1-c1cccc2c1sc1ccccc12. The van der Waals surface area contributed by atoms with E-state index < -0.39 is 0 Å². The van der Waals surface area contributed by atoms with Crippen molar-refractivity contribution in [3.63, 3.8) is 0 Å². The smallest absolute Gasteiger partial charge is 0.0569 e. The van der Waals surface area contributed by atoms with E-state index in [0.717, 1.165) is 22.7 Å². The Kier molecular flexibility index (Phi) is 13.9. The molecule has 2 heterocycles. The van der Waals surface area contributed by atoms with Crippen LogP contribution < -0.4 is 9.80 Å². The maximum Gasteiger partial charge on any atom is 0.0569 e. The van der Waals surface area contributed by atoms with E-state index in [1.54, 1.807) is 0 Å². The van der Waals surface area contributed by atoms with E-state index >= 15 is 0 Å². The third kappa shape index (κ3) is 9.40. The average Bonchev–Trinajstić information content (AvgIpc) is 1.53. The molecular weight excluding hydrogens is 1220 g/mol. The Hall–Kier alpha value is -10.9. The van der Waals surface area contributed by atoms with Gasteiger partial charge in [0.25, 0.3) is 0 Å². The van der Waals surface area contributed by atoms with Gasteiger partial charge in [-0.25, -0.2) is 0 Å². The highest BCUT2D eigenvalue weighted by Crippen LogP contribution is 2.55. The van der Waals surface area contributed by atoms with Crippen LogP contribution in [0.15, 0.2) is 291 Å². The summed E-state index contributed by atoms with van der Waals surface area (Å²) in [5, 5.41) is 5.19. The zero-order valence-electron chi connectivity index (χ0n) is 56.4. The van der Waals surface area contributed by atoms with Gasteiger partial charge in [-0.3, -0.25) is 0 Å². The first kappa shape index (κ1) is 59.6. The van der Waals surface area contributed by atoms with Crippen LogP contribution in [0.5, 0.6) is 0 Å². The maximum absolute atomic E-state index is 2.53. The Labute approximate surface area is 582 Å². The first-order valence-electron chi connectivity index (χ1n) is 34.3. The molecule has 0 radical (unpaired) electrons. The maximum atomic E-state index is 2.53. The minimum absolute atomic E-state index is 0.0894. The molecule has 0 aliphatic heterocycles. The fraction of sp³-hybridized carbons (Fsp3) is 0.106. The Morgan fingerprint density at radius 2 is 0.571 bits per heavy atom. The number of anilines is 6. The average molecular weight is 1290 g/mol. The Balaban J connectivity index is 0.752. The third-order valence-electron chi connectivity index (χ3n) is 21.6. The monoisotopic (exact) mass is 1290 g/mol. The van der Waals surface area contributed by atoms with Crippen molar-refractivity contribution >= 4 is 97.1 Å². The van der Waals surface area contributed by atoms with Crippen molar-refractivity contribution in [2.75, 3.05) is 9.80 Å². The number of nitrogens with zero attached hydrogens (tertiary/aromatic N) is 2. The highest BCUT2D eigenvalue weighted by Gasteiger charge is 2.37. The van der Waals surface area contributed by atoms with Gasteiger partial charge in [0.2, 0.25) is 0 Å². The normalized spacial score (nSPS) is 13.3. The predicted octanol–water partition coefficient (Wildman–Crippen LogP) is 27.5. The molecule has 0 N–H and O–H groups in total. The van der Waals surface area contributed by atoms with Crippen LogP contribution in [0.4, 0.5) is 34.1 Å². The van der Waals surface area contributed by atoms with Crippen molar-refractivity contribution < 1.29 is 0 Å². The Bertz CT molecular complexity index is 5570. The number of thiophene rings is 2. The molecule has 470 valence electrons. The lowest BCUT2D eigenvalue weighted by Gasteiger charge is -2.32. The van der Waals surface area contributed by atoms with E-state index in [9.17, 15) is 0 Å². The van der Waals surface area contributed by atoms with Gasteiger partial charge in [-0.05, 0) is 201 Å². The van der Waals surface area contributed by atoms with Crippen LogP contribution in [0.2, 0.25) is 0 Å². The molecule has 18 rings (SSSR count). The van der Waals surface area contributed by atoms with Crippen LogP contribution in [-0.4, -0.2) is 0 Å². The van der Waals surface area contributed by atoms with Crippen molar-refractivity contribution in [2.45, 2.75) is 66.2 Å². The first-order valence-corrected chi connectivity index (χ1v) is 35.9. The van der Waals surface area contributed by atoms with Crippen LogP contribution in [0, 0.1) is 27.7 Å². The molecule has 98 heavy (non-hydrogen) atoms. The third-order valence-corrected chi connectivity index (χ3v) is 24.0. The highest BCUT2D eigenvalue weighted by molar-refractivity contribution is 7.26. The van der Waals surface area contributed by atoms with Crippen molar-refractivity contribution in [1.29, 1.82) is 0 Å². The number of rotatable bonds is 11. The highest BCUT2D eigenvalue weighted by atomic mass is 32.1. The summed E-state index contributed by atoms with van der Waals surface area (Å²) in [6, 6.07) is 110. The summed E-state index contributed by atoms with van der Waals surface area (Å²) >= 11 is 3.78. The summed E-state index contributed by atoms with van der Waals surface area (Å²) in [5.41, 5.74) is 34.4. The first-order chi connectivity index (χ1) is 47.8. The van der Waals surface area contributed by atoms with E-state index in [4.69, 9.17) is 0 Å². The summed E-state index contributed by atoms with van der Waals surface area (Å²) in [6.45, 7) is 18.6. The summed E-state index contributed by atoms with van der Waals surface area (Å²) in [4.78, 5) is 5.06. The van der Waals surface area contributed by atoms with Gasteiger partial charge in [0, 0.05) is 96.2 Å². The predicted molar refractivity (Wildman–Crippen MR) is 423 cm³/mol. The molecule has 0 spiro atoms. The molecule has 2 aromatic heterocycles. The van der Waals surface area contributed by atoms with Crippen LogP contribution in [0.25, 0.3) is 118 Å². The van der Waals surface area contributed by atoms with E-state index in [1.165, 1.54) is 174 Å². The molecule has 14 aromatic carbocycles. The molecule has 4 heteroatoms. The van der Waals surface area contributed by atoms with E-state index in [1.807, 2.05) is 22.7 Å². The molecular formula is C94H72N2S2. The van der Waals surface area contributed by atoms with Gasteiger partial charge >= 0.3 is 0 Å². The molecule has 2 aliphatic carbocycles. The largest absolute Gasteiger partial charge is 0.309 e. The van der Waals surface area contributed by atoms with E-state index in [-0.39, 0.29) is 10.8 Å². The standard InChI is InChI=1S/C94H72N2S2/c1-57-21-17-27-75(79-31-19-29-77-73-25-11-15-35-87(73)97-91(77)79)89(57)95(67-45-37-61(38-46-67)65-41-49-71-69-23-9-13-33-81(69)93(5,6)83(71)55-65)85-51-43-63(53-59(85)3)64-44-52-86(60(4)54-64)96(90-58(2)22-18-28-76(90)80-32-20-30-78-74-26-12-16-36-88(74)98-92(78)80)68-47-39-62(40-48-68)66-42-50-72-70-24-10-14-34-82(70)94(7,8)84(72)56-66/h9-56H,1-8H3. The molecule has 0 amide bonds. The molecule has 16 aromatic rings. The number of hydrogen-bond donors (Lipinski definition) is 0. The Morgan fingerprint density at radius 3 is 1.00 bits per heavy atom. The zero-order chi connectivity index (χ0) is 66.3. The molecule has 0 unspecified atom stereocenters. The van der Waals surface area contributed by atoms with Crippen LogP contribution >= 0.6 is 22.7 Å². The molecule has 0 fully saturated rings. The molecule has 0 atom stereocenters. The summed E-state index contributed by atoms with van der Waals surface area (Å²) in [6.07, 6.45) is 0. The van der Waals surface area contributed by atoms with Gasteiger partial charge in [-0.2, -0.15) is 0 Å². The number of hydrogen-bond acceptors (Lipinski definition) is 4. The van der Waals surface area contributed by atoms with Crippen LogP contribution in [0.3, 0.4) is 0 Å². The van der Waals surface area contributed by atoms with E-state index in [2.05, 4.69) is 356 Å². The minimum Gasteiger partial charge on any atom is -0.309 e.